The number of nitrogens with one attached hydrogen (secondary N) is 2. The van der Waals surface area contributed by atoms with Crippen molar-refractivity contribution in [3.8, 4) is 0 Å². The van der Waals surface area contributed by atoms with E-state index in [0.29, 0.717) is 13.0 Å². The Morgan fingerprint density at radius 3 is 2.35 bits per heavy atom. The van der Waals surface area contributed by atoms with E-state index in [0.717, 1.165) is 25.9 Å². The number of thiol groups is 1. The molecule has 2 amide bonds. The molecular formula is C16H29N3O3S. The third kappa shape index (κ3) is 5.36. The van der Waals surface area contributed by atoms with Gasteiger partial charge in [0.2, 0.25) is 11.8 Å². The van der Waals surface area contributed by atoms with Gasteiger partial charge in [-0.2, -0.15) is 12.6 Å². The van der Waals surface area contributed by atoms with Crippen LogP contribution in [-0.2, 0) is 14.3 Å². The molecule has 2 fully saturated rings. The van der Waals surface area contributed by atoms with Crippen LogP contribution in [0.5, 0.6) is 0 Å². The SMILES string of the molecule is CC(C)NC(=O)C1COC(C(S)NC(=O)C2CCN(C)CC2)C1. The molecule has 3 unspecified atom stereocenters. The first-order valence-corrected chi connectivity index (χ1v) is 8.97. The Morgan fingerprint density at radius 1 is 1.13 bits per heavy atom. The van der Waals surface area contributed by atoms with Crippen LogP contribution in [0.15, 0.2) is 0 Å². The smallest absolute Gasteiger partial charge is 0.225 e. The fraction of sp³-hybridized carbons (Fsp3) is 0.875. The molecule has 2 aliphatic heterocycles. The number of hydrogen-bond acceptors (Lipinski definition) is 5. The second-order valence-corrected chi connectivity index (χ2v) is 7.56. The van der Waals surface area contributed by atoms with Gasteiger partial charge < -0.3 is 20.3 Å². The zero-order chi connectivity index (χ0) is 17.0. The second kappa shape index (κ2) is 8.35. The lowest BCUT2D eigenvalue weighted by Gasteiger charge is -2.29. The van der Waals surface area contributed by atoms with E-state index in [9.17, 15) is 9.59 Å². The fourth-order valence-corrected chi connectivity index (χ4v) is 3.42. The van der Waals surface area contributed by atoms with Crippen LogP contribution >= 0.6 is 12.6 Å². The van der Waals surface area contributed by atoms with Crippen LogP contribution in [0.1, 0.15) is 33.1 Å². The summed E-state index contributed by atoms with van der Waals surface area (Å²) in [5.41, 5.74) is 0. The van der Waals surface area contributed by atoms with E-state index in [4.69, 9.17) is 4.74 Å². The largest absolute Gasteiger partial charge is 0.374 e. The minimum absolute atomic E-state index is 0.0182. The monoisotopic (exact) mass is 343 g/mol. The number of ether oxygens (including phenoxy) is 1. The predicted octanol–water partition coefficient (Wildman–Crippen LogP) is 0.630. The van der Waals surface area contributed by atoms with E-state index in [1.807, 2.05) is 13.8 Å². The molecule has 0 radical (unpaired) electrons. The molecule has 0 bridgehead atoms. The second-order valence-electron chi connectivity index (χ2n) is 7.00. The molecular weight excluding hydrogens is 314 g/mol. The molecule has 0 saturated carbocycles. The predicted molar refractivity (Wildman–Crippen MR) is 92.3 cm³/mol. The molecule has 3 atom stereocenters. The number of nitrogens with zero attached hydrogens (tertiary/aromatic N) is 1. The molecule has 0 aromatic carbocycles. The van der Waals surface area contributed by atoms with Gasteiger partial charge in [0.1, 0.15) is 0 Å². The Labute approximate surface area is 144 Å². The van der Waals surface area contributed by atoms with Crippen LogP contribution in [-0.4, -0.2) is 61.0 Å². The summed E-state index contributed by atoms with van der Waals surface area (Å²) in [6.07, 6.45) is 2.15. The molecule has 0 aliphatic carbocycles. The number of carbonyl (C=O) groups is 2. The standard InChI is InChI=1S/C16H29N3O3S/c1-10(2)17-15(21)12-8-13(22-9-12)16(23)18-14(20)11-4-6-19(3)7-5-11/h10-13,16,23H,4-9H2,1-3H3,(H,17,21)(H,18,20). The molecule has 7 heteroatoms. The van der Waals surface area contributed by atoms with Crippen molar-refractivity contribution in [2.24, 2.45) is 11.8 Å². The van der Waals surface area contributed by atoms with E-state index < -0.39 is 0 Å². The van der Waals surface area contributed by atoms with Gasteiger partial charge in [-0.15, -0.1) is 0 Å². The molecule has 132 valence electrons. The summed E-state index contributed by atoms with van der Waals surface area (Å²) in [4.78, 5) is 26.6. The van der Waals surface area contributed by atoms with Gasteiger partial charge in [-0.3, -0.25) is 9.59 Å². The summed E-state index contributed by atoms with van der Waals surface area (Å²) in [5, 5.41) is 5.50. The maximum Gasteiger partial charge on any atom is 0.225 e. The summed E-state index contributed by atoms with van der Waals surface area (Å²) in [6, 6.07) is 0.123. The third-order valence-corrected chi connectivity index (χ3v) is 5.02. The molecule has 6 nitrogen and oxygen atoms in total. The van der Waals surface area contributed by atoms with Gasteiger partial charge in [0.25, 0.3) is 0 Å². The highest BCUT2D eigenvalue weighted by Crippen LogP contribution is 2.25. The summed E-state index contributed by atoms with van der Waals surface area (Å²) >= 11 is 4.48. The van der Waals surface area contributed by atoms with Crippen molar-refractivity contribution in [1.29, 1.82) is 0 Å². The average molecular weight is 343 g/mol. The van der Waals surface area contributed by atoms with Crippen molar-refractivity contribution in [2.75, 3.05) is 26.7 Å². The first-order valence-electron chi connectivity index (χ1n) is 8.45. The average Bonchev–Trinajstić information content (AvgIpc) is 2.97. The fourth-order valence-electron chi connectivity index (χ4n) is 3.09. The molecule has 23 heavy (non-hydrogen) atoms. The van der Waals surface area contributed by atoms with Gasteiger partial charge in [-0.25, -0.2) is 0 Å². The number of rotatable bonds is 5. The lowest BCUT2D eigenvalue weighted by Crippen LogP contribution is -2.45. The van der Waals surface area contributed by atoms with Crippen molar-refractivity contribution in [3.63, 3.8) is 0 Å². The van der Waals surface area contributed by atoms with E-state index in [2.05, 4.69) is 35.2 Å². The van der Waals surface area contributed by atoms with Gasteiger partial charge in [0.05, 0.1) is 24.0 Å². The zero-order valence-electron chi connectivity index (χ0n) is 14.2. The lowest BCUT2D eigenvalue weighted by atomic mass is 9.96. The van der Waals surface area contributed by atoms with E-state index in [1.165, 1.54) is 0 Å². The summed E-state index contributed by atoms with van der Waals surface area (Å²) in [7, 11) is 2.07. The minimum Gasteiger partial charge on any atom is -0.374 e. The van der Waals surface area contributed by atoms with Gasteiger partial charge in [-0.1, -0.05) is 0 Å². The highest BCUT2D eigenvalue weighted by molar-refractivity contribution is 7.81. The van der Waals surface area contributed by atoms with E-state index in [1.54, 1.807) is 0 Å². The normalized spacial score (nSPS) is 27.9. The third-order valence-electron chi connectivity index (χ3n) is 4.56. The molecule has 2 rings (SSSR count). The van der Waals surface area contributed by atoms with E-state index >= 15 is 0 Å². The van der Waals surface area contributed by atoms with Crippen molar-refractivity contribution in [1.82, 2.24) is 15.5 Å². The molecule has 0 aromatic heterocycles. The maximum absolute atomic E-state index is 12.3. The van der Waals surface area contributed by atoms with Gasteiger partial charge in [-0.05, 0) is 53.2 Å². The lowest BCUT2D eigenvalue weighted by molar-refractivity contribution is -0.127. The summed E-state index contributed by atoms with van der Waals surface area (Å²) in [6.45, 7) is 6.17. The molecule has 0 aromatic rings. The van der Waals surface area contributed by atoms with Crippen LogP contribution in [0.3, 0.4) is 0 Å². The number of hydrogen-bond donors (Lipinski definition) is 3. The summed E-state index contributed by atoms with van der Waals surface area (Å²) < 4.78 is 5.68. The number of carbonyl (C=O) groups excluding carboxylic acids is 2. The van der Waals surface area contributed by atoms with Crippen LogP contribution in [0.2, 0.25) is 0 Å². The highest BCUT2D eigenvalue weighted by Gasteiger charge is 2.36. The van der Waals surface area contributed by atoms with E-state index in [-0.39, 0.29) is 41.2 Å². The molecule has 2 aliphatic rings. The highest BCUT2D eigenvalue weighted by atomic mass is 32.1. The molecule has 2 N–H and O–H groups in total. The number of piperidine rings is 1. The van der Waals surface area contributed by atoms with Crippen LogP contribution in [0.4, 0.5) is 0 Å². The van der Waals surface area contributed by atoms with Gasteiger partial charge in [0.15, 0.2) is 0 Å². The first-order chi connectivity index (χ1) is 10.9. The van der Waals surface area contributed by atoms with Gasteiger partial charge >= 0.3 is 0 Å². The minimum atomic E-state index is -0.362. The molecule has 2 heterocycles. The molecule has 0 spiro atoms. The Morgan fingerprint density at radius 2 is 1.74 bits per heavy atom. The number of amides is 2. The van der Waals surface area contributed by atoms with Crippen LogP contribution < -0.4 is 10.6 Å². The maximum atomic E-state index is 12.3. The number of likely N-dealkylation sites (tertiary alicyclic amines) is 1. The van der Waals surface area contributed by atoms with Crippen molar-refractivity contribution in [2.45, 2.75) is 50.6 Å². The van der Waals surface area contributed by atoms with Gasteiger partial charge in [0, 0.05) is 12.0 Å². The Bertz CT molecular complexity index is 425. The Kier molecular flexibility index (Phi) is 6.73. The summed E-state index contributed by atoms with van der Waals surface area (Å²) in [5.74, 6) is -0.0268. The van der Waals surface area contributed by atoms with Crippen LogP contribution in [0, 0.1) is 11.8 Å². The van der Waals surface area contributed by atoms with Crippen molar-refractivity contribution in [3.05, 3.63) is 0 Å². The Balaban J connectivity index is 1.77. The van der Waals surface area contributed by atoms with Crippen molar-refractivity contribution >= 4 is 24.4 Å². The van der Waals surface area contributed by atoms with Crippen molar-refractivity contribution < 1.29 is 14.3 Å². The van der Waals surface area contributed by atoms with Crippen LogP contribution in [0.25, 0.3) is 0 Å². The molecule has 2 saturated heterocycles. The topological polar surface area (TPSA) is 70.7 Å². The first kappa shape index (κ1) is 18.5. The zero-order valence-corrected chi connectivity index (χ0v) is 15.1. The Hall–Kier alpha value is -0.790. The quantitative estimate of drug-likeness (QED) is 0.506.